The minimum Gasteiger partial charge on any atom is -0.350 e. The Balaban J connectivity index is 2.16. The number of sulfonamides is 1. The Hall–Kier alpha value is -2.41. The Bertz CT molecular complexity index is 849. The highest BCUT2D eigenvalue weighted by molar-refractivity contribution is 7.92. The number of rotatable bonds is 7. The quantitative estimate of drug-likeness (QED) is 0.806. The van der Waals surface area contributed by atoms with Crippen molar-refractivity contribution in [3.8, 4) is 0 Å². The van der Waals surface area contributed by atoms with Gasteiger partial charge in [-0.15, -0.1) is 0 Å². The highest BCUT2D eigenvalue weighted by Crippen LogP contribution is 2.21. The van der Waals surface area contributed by atoms with E-state index in [-0.39, 0.29) is 12.4 Å². The third kappa shape index (κ3) is 5.05. The van der Waals surface area contributed by atoms with Crippen LogP contribution < -0.4 is 9.62 Å². The molecule has 0 aliphatic heterocycles. The Labute approximate surface area is 153 Å². The maximum Gasteiger partial charge on any atom is 0.243 e. The van der Waals surface area contributed by atoms with Crippen molar-refractivity contribution in [3.05, 3.63) is 65.5 Å². The van der Waals surface area contributed by atoms with Crippen LogP contribution in [0.3, 0.4) is 0 Å². The Morgan fingerprint density at radius 1 is 1.08 bits per heavy atom. The van der Waals surface area contributed by atoms with Crippen LogP contribution in [-0.2, 0) is 27.8 Å². The number of aryl methyl sites for hydroxylation is 1. The number of nitrogens with one attached hydrogen (secondary N) is 1. The number of benzene rings is 2. The first kappa shape index (κ1) is 19.9. The van der Waals surface area contributed by atoms with E-state index >= 15 is 0 Å². The molecule has 0 aliphatic rings. The molecule has 0 saturated carbocycles. The van der Waals surface area contributed by atoms with Gasteiger partial charge in [0, 0.05) is 6.54 Å². The minimum absolute atomic E-state index is 0.190. The molecule has 1 unspecified atom stereocenters. The number of anilines is 1. The molecule has 0 radical (unpaired) electrons. The van der Waals surface area contributed by atoms with Crippen molar-refractivity contribution < 1.29 is 17.6 Å². The molecule has 1 amide bonds. The molecule has 26 heavy (non-hydrogen) atoms. The summed E-state index contributed by atoms with van der Waals surface area (Å²) in [6, 6.07) is 11.9. The van der Waals surface area contributed by atoms with E-state index in [1.165, 1.54) is 19.1 Å². The summed E-state index contributed by atoms with van der Waals surface area (Å²) in [6.45, 7) is 3.74. The lowest BCUT2D eigenvalue weighted by molar-refractivity contribution is -0.122. The molecule has 2 rings (SSSR count). The Morgan fingerprint density at radius 2 is 1.62 bits per heavy atom. The van der Waals surface area contributed by atoms with Crippen molar-refractivity contribution in [2.75, 3.05) is 10.6 Å². The number of carbonyl (C=O) groups excluding carboxylic acids is 1. The molecule has 7 heteroatoms. The molecule has 0 aliphatic carbocycles. The van der Waals surface area contributed by atoms with Crippen LogP contribution in [0, 0.1) is 5.82 Å². The lowest BCUT2D eigenvalue weighted by atomic mass is 10.1. The van der Waals surface area contributed by atoms with Gasteiger partial charge in [0.05, 0.1) is 11.9 Å². The zero-order valence-electron chi connectivity index (χ0n) is 15.1. The number of nitrogens with zero attached hydrogens (tertiary/aromatic N) is 1. The van der Waals surface area contributed by atoms with Gasteiger partial charge < -0.3 is 5.32 Å². The highest BCUT2D eigenvalue weighted by Gasteiger charge is 2.28. The van der Waals surface area contributed by atoms with E-state index in [1.807, 2.05) is 19.1 Å². The molecule has 0 aromatic heterocycles. The van der Waals surface area contributed by atoms with Gasteiger partial charge in [0.15, 0.2) is 0 Å². The summed E-state index contributed by atoms with van der Waals surface area (Å²) in [5.74, 6) is -0.786. The number of hydrogen-bond donors (Lipinski definition) is 1. The zero-order valence-corrected chi connectivity index (χ0v) is 15.9. The predicted molar refractivity (Wildman–Crippen MR) is 101 cm³/mol. The first-order chi connectivity index (χ1) is 12.2. The first-order valence-corrected chi connectivity index (χ1v) is 10.2. The average Bonchev–Trinajstić information content (AvgIpc) is 2.60. The minimum atomic E-state index is -3.65. The maximum absolute atomic E-state index is 12.9. The molecule has 0 saturated heterocycles. The maximum atomic E-state index is 12.9. The lowest BCUT2D eigenvalue weighted by Gasteiger charge is -2.28. The van der Waals surface area contributed by atoms with Gasteiger partial charge in [0.25, 0.3) is 0 Å². The summed E-state index contributed by atoms with van der Waals surface area (Å²) in [4.78, 5) is 12.5. The van der Waals surface area contributed by atoms with E-state index in [9.17, 15) is 17.6 Å². The molecule has 140 valence electrons. The van der Waals surface area contributed by atoms with Gasteiger partial charge in [-0.3, -0.25) is 9.10 Å². The van der Waals surface area contributed by atoms with Crippen LogP contribution in [-0.4, -0.2) is 26.6 Å². The van der Waals surface area contributed by atoms with E-state index in [0.29, 0.717) is 5.69 Å². The van der Waals surface area contributed by atoms with Crippen molar-refractivity contribution in [3.63, 3.8) is 0 Å². The van der Waals surface area contributed by atoms with Crippen LogP contribution in [0.1, 0.15) is 25.0 Å². The standard InChI is InChI=1S/C19H23FN2O3S/c1-4-15-7-11-18(12-8-15)22(26(3,24)25)14(2)19(23)21-13-16-5-9-17(20)10-6-16/h5-12,14H,4,13H2,1-3H3,(H,21,23). The van der Waals surface area contributed by atoms with E-state index in [2.05, 4.69) is 5.32 Å². The van der Waals surface area contributed by atoms with Gasteiger partial charge in [-0.25, -0.2) is 12.8 Å². The summed E-state index contributed by atoms with van der Waals surface area (Å²) in [5.41, 5.74) is 2.25. The molecular formula is C19H23FN2O3S. The number of hydrogen-bond acceptors (Lipinski definition) is 3. The van der Waals surface area contributed by atoms with Gasteiger partial charge in [-0.2, -0.15) is 0 Å². The van der Waals surface area contributed by atoms with Crippen LogP contribution in [0.25, 0.3) is 0 Å². The molecule has 0 bridgehead atoms. The van der Waals surface area contributed by atoms with Crippen LogP contribution in [0.5, 0.6) is 0 Å². The van der Waals surface area contributed by atoms with E-state index in [1.54, 1.807) is 24.3 Å². The van der Waals surface area contributed by atoms with Gasteiger partial charge in [0.1, 0.15) is 11.9 Å². The number of carbonyl (C=O) groups is 1. The molecular weight excluding hydrogens is 355 g/mol. The van der Waals surface area contributed by atoms with Gasteiger partial charge >= 0.3 is 0 Å². The van der Waals surface area contributed by atoms with Crippen molar-refractivity contribution in [1.29, 1.82) is 0 Å². The largest absolute Gasteiger partial charge is 0.350 e. The number of amides is 1. The summed E-state index contributed by atoms with van der Waals surface area (Å²) in [6.07, 6.45) is 1.91. The van der Waals surface area contributed by atoms with E-state index < -0.39 is 22.0 Å². The lowest BCUT2D eigenvalue weighted by Crippen LogP contribution is -2.47. The summed E-state index contributed by atoms with van der Waals surface area (Å²) in [5, 5.41) is 2.70. The molecule has 0 fully saturated rings. The third-order valence-corrected chi connectivity index (χ3v) is 5.31. The Kier molecular flexibility index (Phi) is 6.37. The number of halogens is 1. The predicted octanol–water partition coefficient (Wildman–Crippen LogP) is 2.86. The van der Waals surface area contributed by atoms with Gasteiger partial charge in [-0.1, -0.05) is 31.2 Å². The van der Waals surface area contributed by atoms with Crippen molar-refractivity contribution in [2.24, 2.45) is 0 Å². The fourth-order valence-corrected chi connectivity index (χ4v) is 3.80. The van der Waals surface area contributed by atoms with Crippen LogP contribution in [0.15, 0.2) is 48.5 Å². The molecule has 2 aromatic rings. The van der Waals surface area contributed by atoms with E-state index in [0.717, 1.165) is 28.1 Å². The van der Waals surface area contributed by atoms with Crippen molar-refractivity contribution in [2.45, 2.75) is 32.9 Å². The fraction of sp³-hybridized carbons (Fsp3) is 0.316. The fourth-order valence-electron chi connectivity index (χ4n) is 2.63. The summed E-state index contributed by atoms with van der Waals surface area (Å²) in [7, 11) is -3.65. The van der Waals surface area contributed by atoms with Gasteiger partial charge in [-0.05, 0) is 48.7 Å². The smallest absolute Gasteiger partial charge is 0.243 e. The molecule has 0 heterocycles. The monoisotopic (exact) mass is 378 g/mol. The second kappa shape index (κ2) is 8.31. The normalized spacial score (nSPS) is 12.5. The van der Waals surface area contributed by atoms with Crippen LogP contribution in [0.2, 0.25) is 0 Å². The molecule has 1 atom stereocenters. The highest BCUT2D eigenvalue weighted by atomic mass is 32.2. The van der Waals surface area contributed by atoms with E-state index in [4.69, 9.17) is 0 Å². The van der Waals surface area contributed by atoms with Crippen molar-refractivity contribution >= 4 is 21.6 Å². The molecule has 2 aromatic carbocycles. The molecule has 5 nitrogen and oxygen atoms in total. The van der Waals surface area contributed by atoms with Crippen molar-refractivity contribution in [1.82, 2.24) is 5.32 Å². The Morgan fingerprint density at radius 3 is 2.12 bits per heavy atom. The average molecular weight is 378 g/mol. The second-order valence-corrected chi connectivity index (χ2v) is 7.96. The first-order valence-electron chi connectivity index (χ1n) is 8.33. The summed E-state index contributed by atoms with van der Waals surface area (Å²) >= 11 is 0. The zero-order chi connectivity index (χ0) is 19.3. The topological polar surface area (TPSA) is 66.5 Å². The SMILES string of the molecule is CCc1ccc(N(C(C)C(=O)NCc2ccc(F)cc2)S(C)(=O)=O)cc1. The van der Waals surface area contributed by atoms with Gasteiger partial charge in [0.2, 0.25) is 15.9 Å². The van der Waals surface area contributed by atoms with Crippen LogP contribution >= 0.6 is 0 Å². The van der Waals surface area contributed by atoms with Crippen LogP contribution in [0.4, 0.5) is 10.1 Å². The molecule has 1 N–H and O–H groups in total. The summed E-state index contributed by atoms with van der Waals surface area (Å²) < 4.78 is 38.5. The second-order valence-electron chi connectivity index (χ2n) is 6.10. The molecule has 0 spiro atoms. The third-order valence-electron chi connectivity index (χ3n) is 4.07.